The smallest absolute Gasteiger partial charge is 0.146 e. The lowest BCUT2D eigenvalue weighted by Gasteiger charge is -2.24. The quantitative estimate of drug-likeness (QED) is 0.174. The molecule has 53 heavy (non-hydrogen) atoms. The molecule has 4 heteroatoms. The summed E-state index contributed by atoms with van der Waals surface area (Å²) < 4.78 is 4.67. The van der Waals surface area contributed by atoms with Crippen LogP contribution in [0.3, 0.4) is 0 Å². The molecule has 11 rings (SSSR count). The molecule has 0 N–H and O–H groups in total. The first-order valence-corrected chi connectivity index (χ1v) is 18.3. The maximum absolute atomic E-state index is 5.47. The number of imidazole rings is 2. The molecular formula is C49H34N4. The lowest BCUT2D eigenvalue weighted by molar-refractivity contribution is 0.661. The molecule has 8 aromatic carbocycles. The Morgan fingerprint density at radius 2 is 0.849 bits per heavy atom. The summed E-state index contributed by atoms with van der Waals surface area (Å²) in [5, 5.41) is 4.60. The number of nitrogens with zero attached hydrogens (tertiary/aromatic N) is 4. The van der Waals surface area contributed by atoms with E-state index in [9.17, 15) is 0 Å². The van der Waals surface area contributed by atoms with Gasteiger partial charge in [-0.25, -0.2) is 9.97 Å². The van der Waals surface area contributed by atoms with Crippen LogP contribution >= 0.6 is 0 Å². The second-order valence-corrected chi connectivity index (χ2v) is 14.6. The van der Waals surface area contributed by atoms with Crippen LogP contribution in [0.25, 0.3) is 88.9 Å². The summed E-state index contributed by atoms with van der Waals surface area (Å²) in [5.41, 5.74) is 13.6. The van der Waals surface area contributed by atoms with Crippen molar-refractivity contribution in [2.45, 2.75) is 19.3 Å². The number of hydrogen-bond donors (Lipinski definition) is 0. The Hall–Kier alpha value is -6.78. The van der Waals surface area contributed by atoms with Crippen LogP contribution in [0.5, 0.6) is 0 Å². The highest BCUT2D eigenvalue weighted by Gasteiger charge is 2.37. The number of hydrogen-bond acceptors (Lipinski definition) is 2. The van der Waals surface area contributed by atoms with E-state index in [0.29, 0.717) is 0 Å². The van der Waals surface area contributed by atoms with Crippen LogP contribution in [0.4, 0.5) is 0 Å². The van der Waals surface area contributed by atoms with Crippen LogP contribution in [0, 0.1) is 0 Å². The predicted molar refractivity (Wildman–Crippen MR) is 219 cm³/mol. The normalized spacial score (nSPS) is 13.2. The third-order valence-corrected chi connectivity index (χ3v) is 11.3. The molecule has 0 fully saturated rings. The van der Waals surface area contributed by atoms with Gasteiger partial charge in [0, 0.05) is 27.9 Å². The van der Waals surface area contributed by atoms with E-state index in [1.54, 1.807) is 0 Å². The Bertz CT molecular complexity index is 3080. The maximum Gasteiger partial charge on any atom is 0.146 e. The number of aromatic nitrogens is 4. The van der Waals surface area contributed by atoms with Crippen LogP contribution in [-0.4, -0.2) is 19.1 Å². The minimum absolute atomic E-state index is 0.181. The van der Waals surface area contributed by atoms with E-state index in [2.05, 4.69) is 193 Å². The second kappa shape index (κ2) is 11.1. The second-order valence-electron chi connectivity index (χ2n) is 14.6. The van der Waals surface area contributed by atoms with Crippen LogP contribution in [0.2, 0.25) is 0 Å². The first-order valence-electron chi connectivity index (χ1n) is 18.3. The molecule has 10 aromatic rings. The fourth-order valence-corrected chi connectivity index (χ4v) is 8.92. The van der Waals surface area contributed by atoms with E-state index in [-0.39, 0.29) is 5.41 Å². The van der Waals surface area contributed by atoms with Crippen molar-refractivity contribution < 1.29 is 0 Å². The van der Waals surface area contributed by atoms with Crippen LogP contribution < -0.4 is 0 Å². The Labute approximate surface area is 307 Å². The first kappa shape index (κ1) is 29.9. The molecule has 0 bridgehead atoms. The van der Waals surface area contributed by atoms with Gasteiger partial charge in [-0.15, -0.1) is 0 Å². The van der Waals surface area contributed by atoms with Gasteiger partial charge in [0.2, 0.25) is 0 Å². The van der Waals surface area contributed by atoms with E-state index < -0.39 is 0 Å². The van der Waals surface area contributed by atoms with Gasteiger partial charge in [0.25, 0.3) is 0 Å². The van der Waals surface area contributed by atoms with Crippen molar-refractivity contribution in [3.8, 4) is 45.3 Å². The zero-order valence-corrected chi connectivity index (χ0v) is 29.5. The van der Waals surface area contributed by atoms with Gasteiger partial charge in [-0.3, -0.25) is 9.13 Å². The number of rotatable bonds is 4. The Morgan fingerprint density at radius 1 is 0.396 bits per heavy atom. The van der Waals surface area contributed by atoms with E-state index in [0.717, 1.165) is 77.8 Å². The van der Waals surface area contributed by atoms with Gasteiger partial charge in [-0.2, -0.15) is 0 Å². The SMILES string of the molecule is CC1(C)c2ccccc2-c2cc3c(-c4nc5ccccc5n4-c4ccccc4)c4ccccc4c(-c4nc5ccccc5n4-c4ccccc4)c3cc21. The highest BCUT2D eigenvalue weighted by molar-refractivity contribution is 6.22. The van der Waals surface area contributed by atoms with E-state index in [1.165, 1.54) is 22.3 Å². The molecule has 2 heterocycles. The minimum atomic E-state index is -0.181. The lowest BCUT2D eigenvalue weighted by atomic mass is 9.80. The third-order valence-electron chi connectivity index (χ3n) is 11.3. The van der Waals surface area contributed by atoms with E-state index >= 15 is 0 Å². The highest BCUT2D eigenvalue weighted by atomic mass is 15.1. The lowest BCUT2D eigenvalue weighted by Crippen LogP contribution is -2.15. The Kier molecular flexibility index (Phi) is 6.27. The van der Waals surface area contributed by atoms with Crippen molar-refractivity contribution in [2.24, 2.45) is 0 Å². The van der Waals surface area contributed by atoms with Gasteiger partial charge in [-0.05, 0) is 104 Å². The van der Waals surface area contributed by atoms with Crippen LogP contribution in [-0.2, 0) is 5.41 Å². The number of fused-ring (bicyclic) bond motifs is 7. The molecule has 2 aromatic heterocycles. The largest absolute Gasteiger partial charge is 0.292 e. The summed E-state index contributed by atoms with van der Waals surface area (Å²) in [7, 11) is 0. The van der Waals surface area contributed by atoms with Gasteiger partial charge in [0.1, 0.15) is 11.6 Å². The van der Waals surface area contributed by atoms with E-state index in [4.69, 9.17) is 9.97 Å². The topological polar surface area (TPSA) is 35.6 Å². The molecule has 4 nitrogen and oxygen atoms in total. The molecule has 0 unspecified atom stereocenters. The molecule has 0 atom stereocenters. The van der Waals surface area contributed by atoms with Gasteiger partial charge in [0.05, 0.1) is 22.1 Å². The molecule has 1 aliphatic rings. The fourth-order valence-electron chi connectivity index (χ4n) is 8.92. The van der Waals surface area contributed by atoms with Crippen LogP contribution in [0.15, 0.2) is 170 Å². The third kappa shape index (κ3) is 4.24. The summed E-state index contributed by atoms with van der Waals surface area (Å²) in [6, 6.07) is 60.9. The van der Waals surface area contributed by atoms with Crippen molar-refractivity contribution >= 4 is 43.6 Å². The number of para-hydroxylation sites is 6. The molecule has 0 aliphatic heterocycles. The maximum atomic E-state index is 5.47. The molecule has 0 spiro atoms. The fraction of sp³-hybridized carbons (Fsp3) is 0.0612. The summed E-state index contributed by atoms with van der Waals surface area (Å²) in [5.74, 6) is 1.85. The standard InChI is InChI=1S/C49H34N4/c1-49(2)39-24-12-11-21-33(39)36-29-37-38(30-40(36)49)46(48-51-42-26-14-16-28-44(42)53(48)32-19-7-4-8-20-32)35-23-10-9-22-34(35)45(37)47-50-41-25-13-15-27-43(41)52(47)31-17-5-3-6-18-31/h3-30H,1-2H3. The zero-order chi connectivity index (χ0) is 35.3. The van der Waals surface area contributed by atoms with Gasteiger partial charge >= 0.3 is 0 Å². The van der Waals surface area contributed by atoms with Gasteiger partial charge in [-0.1, -0.05) is 123 Å². The molecule has 0 amide bonds. The van der Waals surface area contributed by atoms with Crippen molar-refractivity contribution in [3.05, 3.63) is 181 Å². The molecule has 1 aliphatic carbocycles. The predicted octanol–water partition coefficient (Wildman–Crippen LogP) is 12.3. The molecular weight excluding hydrogens is 645 g/mol. The summed E-state index contributed by atoms with van der Waals surface area (Å²) in [4.78, 5) is 10.9. The molecule has 0 radical (unpaired) electrons. The van der Waals surface area contributed by atoms with Gasteiger partial charge in [0.15, 0.2) is 0 Å². The van der Waals surface area contributed by atoms with E-state index in [1.807, 2.05) is 0 Å². The Balaban J connectivity index is 1.36. The Morgan fingerprint density at radius 3 is 1.42 bits per heavy atom. The van der Waals surface area contributed by atoms with Crippen molar-refractivity contribution in [1.82, 2.24) is 19.1 Å². The summed E-state index contributed by atoms with van der Waals surface area (Å²) >= 11 is 0. The average Bonchev–Trinajstić information content (AvgIpc) is 3.85. The number of benzene rings is 8. The summed E-state index contributed by atoms with van der Waals surface area (Å²) in [6.45, 7) is 4.72. The van der Waals surface area contributed by atoms with Crippen molar-refractivity contribution in [2.75, 3.05) is 0 Å². The minimum Gasteiger partial charge on any atom is -0.292 e. The zero-order valence-electron chi connectivity index (χ0n) is 29.5. The monoisotopic (exact) mass is 678 g/mol. The molecule has 0 saturated heterocycles. The highest BCUT2D eigenvalue weighted by Crippen LogP contribution is 2.53. The average molecular weight is 679 g/mol. The van der Waals surface area contributed by atoms with Crippen molar-refractivity contribution in [3.63, 3.8) is 0 Å². The van der Waals surface area contributed by atoms with Gasteiger partial charge < -0.3 is 0 Å². The summed E-state index contributed by atoms with van der Waals surface area (Å²) in [6.07, 6.45) is 0. The van der Waals surface area contributed by atoms with Crippen LogP contribution in [0.1, 0.15) is 25.0 Å². The molecule has 250 valence electrons. The molecule has 0 saturated carbocycles. The first-order chi connectivity index (χ1) is 26.1. The van der Waals surface area contributed by atoms with Crippen molar-refractivity contribution in [1.29, 1.82) is 0 Å².